The van der Waals surface area contributed by atoms with Crippen LogP contribution < -0.4 is 5.32 Å². The first kappa shape index (κ1) is 13.1. The number of hydrogen-bond donors (Lipinski definition) is 1. The molecule has 1 N–H and O–H groups in total. The quantitative estimate of drug-likeness (QED) is 0.366. The van der Waals surface area contributed by atoms with Gasteiger partial charge in [0.1, 0.15) is 6.20 Å². The average molecular weight is 284 g/mol. The lowest BCUT2D eigenvalue weighted by atomic mass is 10.4. The Morgan fingerprint density at radius 3 is 3.05 bits per heavy atom. The van der Waals surface area contributed by atoms with Crippen molar-refractivity contribution < 1.29 is 4.92 Å². The van der Waals surface area contributed by atoms with Gasteiger partial charge in [0.05, 0.1) is 11.1 Å². The lowest BCUT2D eigenvalue weighted by molar-refractivity contribution is -0.384. The maximum absolute atomic E-state index is 10.8. The Bertz CT molecular complexity index is 560. The summed E-state index contributed by atoms with van der Waals surface area (Å²) in [5, 5.41) is 21.1. The molecular formula is C9H10ClN7O2. The molecule has 0 unspecified atom stereocenters. The summed E-state index contributed by atoms with van der Waals surface area (Å²) in [5.74, 6) is 0.114. The molecule has 0 atom stereocenters. The van der Waals surface area contributed by atoms with Crippen LogP contribution in [0.2, 0.25) is 5.28 Å². The molecule has 9 nitrogen and oxygen atoms in total. The standard InChI is InChI=1S/C9H10ClN7O2/c10-9-12-6-7(17(18)19)8(14-9)11-2-1-4-16-5-3-13-15-16/h3,5-6H,1-2,4H2,(H,11,12,14). The summed E-state index contributed by atoms with van der Waals surface area (Å²) in [6, 6.07) is 0. The number of nitro groups is 1. The molecule has 2 aromatic heterocycles. The Kier molecular flexibility index (Phi) is 4.18. The second-order valence-electron chi connectivity index (χ2n) is 3.58. The fourth-order valence-electron chi connectivity index (χ4n) is 1.42. The summed E-state index contributed by atoms with van der Waals surface area (Å²) >= 11 is 5.61. The monoisotopic (exact) mass is 283 g/mol. The molecule has 19 heavy (non-hydrogen) atoms. The lowest BCUT2D eigenvalue weighted by Crippen LogP contribution is -2.10. The van der Waals surface area contributed by atoms with Crippen molar-refractivity contribution in [3.8, 4) is 0 Å². The minimum absolute atomic E-state index is 0.0376. The fraction of sp³-hybridized carbons (Fsp3) is 0.333. The number of hydrogen-bond acceptors (Lipinski definition) is 7. The zero-order valence-corrected chi connectivity index (χ0v) is 10.5. The van der Waals surface area contributed by atoms with Crippen LogP contribution in [0.15, 0.2) is 18.6 Å². The molecular weight excluding hydrogens is 274 g/mol. The van der Waals surface area contributed by atoms with E-state index in [1.807, 2.05) is 0 Å². The van der Waals surface area contributed by atoms with Gasteiger partial charge in [-0.25, -0.2) is 4.98 Å². The first-order valence-electron chi connectivity index (χ1n) is 5.41. The number of nitrogens with zero attached hydrogens (tertiary/aromatic N) is 6. The Balaban J connectivity index is 1.91. The van der Waals surface area contributed by atoms with Crippen molar-refractivity contribution in [2.24, 2.45) is 0 Å². The first-order valence-corrected chi connectivity index (χ1v) is 5.79. The predicted octanol–water partition coefficient (Wildman–Crippen LogP) is 1.13. The van der Waals surface area contributed by atoms with Crippen molar-refractivity contribution in [3.05, 3.63) is 34.0 Å². The summed E-state index contributed by atoms with van der Waals surface area (Å²) in [4.78, 5) is 17.6. The maximum atomic E-state index is 10.8. The average Bonchev–Trinajstić information content (AvgIpc) is 2.87. The van der Waals surface area contributed by atoms with Gasteiger partial charge >= 0.3 is 5.69 Å². The van der Waals surface area contributed by atoms with Gasteiger partial charge in [-0.2, -0.15) is 4.98 Å². The van der Waals surface area contributed by atoms with E-state index in [1.165, 1.54) is 0 Å². The molecule has 2 rings (SSSR count). The van der Waals surface area contributed by atoms with Crippen LogP contribution >= 0.6 is 11.6 Å². The number of halogens is 1. The number of aromatic nitrogens is 5. The second-order valence-corrected chi connectivity index (χ2v) is 3.91. The Morgan fingerprint density at radius 2 is 2.37 bits per heavy atom. The van der Waals surface area contributed by atoms with E-state index in [0.717, 1.165) is 6.20 Å². The van der Waals surface area contributed by atoms with Crippen LogP contribution in [0.5, 0.6) is 0 Å². The Morgan fingerprint density at radius 1 is 1.53 bits per heavy atom. The predicted molar refractivity (Wildman–Crippen MR) is 66.8 cm³/mol. The molecule has 0 aliphatic heterocycles. The first-order chi connectivity index (χ1) is 9.16. The van der Waals surface area contributed by atoms with Gasteiger partial charge in [0, 0.05) is 19.3 Å². The van der Waals surface area contributed by atoms with Gasteiger partial charge in [-0.3, -0.25) is 14.8 Å². The lowest BCUT2D eigenvalue weighted by Gasteiger charge is -2.05. The number of aryl methyl sites for hydroxylation is 1. The molecule has 0 radical (unpaired) electrons. The van der Waals surface area contributed by atoms with Crippen LogP contribution in [0.3, 0.4) is 0 Å². The maximum Gasteiger partial charge on any atom is 0.329 e. The zero-order chi connectivity index (χ0) is 13.7. The minimum atomic E-state index is -0.559. The van der Waals surface area contributed by atoms with Gasteiger partial charge in [-0.05, 0) is 18.0 Å². The highest BCUT2D eigenvalue weighted by molar-refractivity contribution is 6.28. The molecule has 0 amide bonds. The van der Waals surface area contributed by atoms with Gasteiger partial charge in [0.25, 0.3) is 0 Å². The van der Waals surface area contributed by atoms with Crippen molar-refractivity contribution in [1.82, 2.24) is 25.0 Å². The Hall–Kier alpha value is -2.29. The van der Waals surface area contributed by atoms with Crippen LogP contribution in [-0.4, -0.2) is 36.4 Å². The zero-order valence-electron chi connectivity index (χ0n) is 9.73. The molecule has 0 aromatic carbocycles. The summed E-state index contributed by atoms with van der Waals surface area (Å²) in [6.45, 7) is 1.15. The molecule has 10 heteroatoms. The van der Waals surface area contributed by atoms with Gasteiger partial charge in [-0.1, -0.05) is 5.21 Å². The highest BCUT2D eigenvalue weighted by Crippen LogP contribution is 2.21. The summed E-state index contributed by atoms with van der Waals surface area (Å²) in [6.07, 6.45) is 5.11. The molecule has 2 aromatic rings. The van der Waals surface area contributed by atoms with E-state index in [1.54, 1.807) is 17.1 Å². The van der Waals surface area contributed by atoms with Crippen molar-refractivity contribution in [1.29, 1.82) is 0 Å². The smallest absolute Gasteiger partial charge is 0.329 e. The van der Waals surface area contributed by atoms with Crippen molar-refractivity contribution in [3.63, 3.8) is 0 Å². The Labute approximate surface area is 112 Å². The van der Waals surface area contributed by atoms with Crippen LogP contribution in [0, 0.1) is 10.1 Å². The number of anilines is 1. The van der Waals surface area contributed by atoms with Crippen molar-refractivity contribution in [2.75, 3.05) is 11.9 Å². The molecule has 0 bridgehead atoms. The third-order valence-corrected chi connectivity index (χ3v) is 2.45. The van der Waals surface area contributed by atoms with E-state index in [2.05, 4.69) is 25.6 Å². The second kappa shape index (κ2) is 6.05. The molecule has 2 heterocycles. The minimum Gasteiger partial charge on any atom is -0.364 e. The normalized spacial score (nSPS) is 10.4. The van der Waals surface area contributed by atoms with E-state index in [9.17, 15) is 10.1 Å². The number of nitrogens with one attached hydrogen (secondary N) is 1. The fourth-order valence-corrected chi connectivity index (χ4v) is 1.55. The third kappa shape index (κ3) is 3.58. The molecule has 0 aliphatic rings. The van der Waals surface area contributed by atoms with E-state index in [4.69, 9.17) is 11.6 Å². The summed E-state index contributed by atoms with van der Waals surface area (Å²) in [7, 11) is 0. The number of rotatable bonds is 6. The van der Waals surface area contributed by atoms with E-state index in [0.29, 0.717) is 19.5 Å². The highest BCUT2D eigenvalue weighted by atomic mass is 35.5. The van der Waals surface area contributed by atoms with Crippen molar-refractivity contribution >= 4 is 23.1 Å². The van der Waals surface area contributed by atoms with Crippen LogP contribution in [0.1, 0.15) is 6.42 Å². The van der Waals surface area contributed by atoms with Crippen molar-refractivity contribution in [2.45, 2.75) is 13.0 Å². The third-order valence-electron chi connectivity index (χ3n) is 2.27. The summed E-state index contributed by atoms with van der Waals surface area (Å²) < 4.78 is 1.67. The van der Waals surface area contributed by atoms with Crippen LogP contribution in [-0.2, 0) is 6.54 Å². The van der Waals surface area contributed by atoms with Gasteiger partial charge in [0.2, 0.25) is 11.1 Å². The largest absolute Gasteiger partial charge is 0.364 e. The van der Waals surface area contributed by atoms with Gasteiger partial charge in [-0.15, -0.1) is 5.10 Å². The molecule has 0 aliphatic carbocycles. The van der Waals surface area contributed by atoms with E-state index in [-0.39, 0.29) is 16.8 Å². The van der Waals surface area contributed by atoms with Crippen LogP contribution in [0.4, 0.5) is 11.5 Å². The van der Waals surface area contributed by atoms with Gasteiger partial charge < -0.3 is 5.32 Å². The van der Waals surface area contributed by atoms with E-state index >= 15 is 0 Å². The molecule has 0 saturated carbocycles. The molecule has 0 spiro atoms. The van der Waals surface area contributed by atoms with E-state index < -0.39 is 4.92 Å². The summed E-state index contributed by atoms with van der Waals surface area (Å²) in [5.41, 5.74) is -0.204. The highest BCUT2D eigenvalue weighted by Gasteiger charge is 2.16. The van der Waals surface area contributed by atoms with Gasteiger partial charge in [0.15, 0.2) is 0 Å². The van der Waals surface area contributed by atoms with Crippen LogP contribution in [0.25, 0.3) is 0 Å². The molecule has 0 saturated heterocycles. The topological polar surface area (TPSA) is 112 Å². The molecule has 100 valence electrons. The SMILES string of the molecule is O=[N+]([O-])c1cnc(Cl)nc1NCCCn1ccnn1. The molecule has 0 fully saturated rings.